The molecule has 0 bridgehead atoms. The molecule has 0 aliphatic rings. The van der Waals surface area contributed by atoms with Gasteiger partial charge in [-0.1, -0.05) is 5.16 Å². The van der Waals surface area contributed by atoms with E-state index in [-0.39, 0.29) is 12.4 Å². The second-order valence-corrected chi connectivity index (χ2v) is 3.34. The number of phenols is 1. The zero-order chi connectivity index (χ0) is 12.3. The maximum atomic E-state index is 9.62. The summed E-state index contributed by atoms with van der Waals surface area (Å²) in [6, 6.07) is 4.86. The molecular formula is C11H12N2O4. The largest absolute Gasteiger partial charge is 0.504 e. The van der Waals surface area contributed by atoms with Crippen molar-refractivity contribution in [2.75, 3.05) is 14.2 Å². The summed E-state index contributed by atoms with van der Waals surface area (Å²) in [5.74, 6) is 1.20. The van der Waals surface area contributed by atoms with E-state index in [1.54, 1.807) is 19.2 Å². The average molecular weight is 236 g/mol. The molecule has 6 heteroatoms. The second-order valence-electron chi connectivity index (χ2n) is 3.34. The zero-order valence-corrected chi connectivity index (χ0v) is 9.51. The first-order valence-corrected chi connectivity index (χ1v) is 4.93. The quantitative estimate of drug-likeness (QED) is 0.868. The van der Waals surface area contributed by atoms with Crippen LogP contribution in [0, 0.1) is 0 Å². The van der Waals surface area contributed by atoms with Gasteiger partial charge in [0.05, 0.1) is 7.11 Å². The van der Waals surface area contributed by atoms with Gasteiger partial charge in [0.2, 0.25) is 0 Å². The molecule has 0 saturated carbocycles. The van der Waals surface area contributed by atoms with Crippen LogP contribution in [0.3, 0.4) is 0 Å². The van der Waals surface area contributed by atoms with E-state index < -0.39 is 0 Å². The Kier molecular flexibility index (Phi) is 3.24. The molecule has 1 heterocycles. The molecule has 0 unspecified atom stereocenters. The molecule has 0 amide bonds. The number of hydrogen-bond acceptors (Lipinski definition) is 6. The van der Waals surface area contributed by atoms with Crippen LogP contribution in [0.4, 0.5) is 0 Å². The molecule has 2 rings (SSSR count). The van der Waals surface area contributed by atoms with E-state index in [9.17, 15) is 5.11 Å². The molecule has 0 fully saturated rings. The molecule has 6 nitrogen and oxygen atoms in total. The molecule has 0 atom stereocenters. The molecular weight excluding hydrogens is 224 g/mol. The van der Waals surface area contributed by atoms with E-state index >= 15 is 0 Å². The molecule has 0 saturated heterocycles. The molecule has 1 aromatic heterocycles. The van der Waals surface area contributed by atoms with Gasteiger partial charge >= 0.3 is 0 Å². The van der Waals surface area contributed by atoms with Crippen molar-refractivity contribution >= 4 is 0 Å². The molecule has 2 aromatic rings. The number of hydrogen-bond donors (Lipinski definition) is 1. The minimum absolute atomic E-state index is 0.0245. The smallest absolute Gasteiger partial charge is 0.258 e. The van der Waals surface area contributed by atoms with Gasteiger partial charge in [-0.2, -0.15) is 4.98 Å². The first-order valence-electron chi connectivity index (χ1n) is 4.93. The summed E-state index contributed by atoms with van der Waals surface area (Å²) >= 11 is 0. The van der Waals surface area contributed by atoms with Crippen molar-refractivity contribution in [3.63, 3.8) is 0 Å². The van der Waals surface area contributed by atoms with Gasteiger partial charge in [-0.05, 0) is 18.2 Å². The summed E-state index contributed by atoms with van der Waals surface area (Å²) in [7, 11) is 3.04. The SMILES string of the molecule is COCc1noc(-c2ccc(OC)c(O)c2)n1. The van der Waals surface area contributed by atoms with E-state index in [2.05, 4.69) is 10.1 Å². The first kappa shape index (κ1) is 11.4. The zero-order valence-electron chi connectivity index (χ0n) is 9.51. The number of rotatable bonds is 4. The van der Waals surface area contributed by atoms with Crippen molar-refractivity contribution in [2.45, 2.75) is 6.61 Å². The molecule has 0 aliphatic heterocycles. The fourth-order valence-electron chi connectivity index (χ4n) is 1.38. The topological polar surface area (TPSA) is 77.6 Å². The van der Waals surface area contributed by atoms with Crippen LogP contribution in [0.5, 0.6) is 11.5 Å². The molecule has 1 aromatic carbocycles. The van der Waals surface area contributed by atoms with Crippen molar-refractivity contribution in [2.24, 2.45) is 0 Å². The lowest BCUT2D eigenvalue weighted by atomic mass is 10.2. The van der Waals surface area contributed by atoms with Crippen LogP contribution >= 0.6 is 0 Å². The van der Waals surface area contributed by atoms with Crippen LogP contribution in [-0.4, -0.2) is 29.5 Å². The third-order valence-corrected chi connectivity index (χ3v) is 2.17. The number of ether oxygens (including phenoxy) is 2. The van der Waals surface area contributed by atoms with Crippen LogP contribution in [0.1, 0.15) is 5.82 Å². The second kappa shape index (κ2) is 4.84. The lowest BCUT2D eigenvalue weighted by molar-refractivity contribution is 0.174. The molecule has 0 radical (unpaired) electrons. The van der Waals surface area contributed by atoms with Gasteiger partial charge in [0.15, 0.2) is 17.3 Å². The van der Waals surface area contributed by atoms with Gasteiger partial charge in [0.1, 0.15) is 6.61 Å². The van der Waals surface area contributed by atoms with Crippen LogP contribution in [0.2, 0.25) is 0 Å². The number of aromatic hydroxyl groups is 1. The Balaban J connectivity index is 2.29. The number of nitrogens with zero attached hydrogens (tertiary/aromatic N) is 2. The van der Waals surface area contributed by atoms with Gasteiger partial charge in [-0.25, -0.2) is 0 Å². The fraction of sp³-hybridized carbons (Fsp3) is 0.273. The number of methoxy groups -OCH3 is 2. The van der Waals surface area contributed by atoms with E-state index in [1.165, 1.54) is 13.2 Å². The van der Waals surface area contributed by atoms with Crippen molar-refractivity contribution in [1.82, 2.24) is 10.1 Å². The maximum absolute atomic E-state index is 9.62. The van der Waals surface area contributed by atoms with Crippen LogP contribution < -0.4 is 4.74 Å². The van der Waals surface area contributed by atoms with Gasteiger partial charge in [-0.3, -0.25) is 0 Å². The summed E-state index contributed by atoms with van der Waals surface area (Å²) in [6.45, 7) is 0.283. The van der Waals surface area contributed by atoms with E-state index in [4.69, 9.17) is 14.0 Å². The predicted octanol–water partition coefficient (Wildman–Crippen LogP) is 1.60. The third kappa shape index (κ3) is 2.36. The van der Waals surface area contributed by atoms with Crippen LogP contribution in [0.15, 0.2) is 22.7 Å². The Morgan fingerprint density at radius 2 is 2.18 bits per heavy atom. The third-order valence-electron chi connectivity index (χ3n) is 2.17. The molecule has 1 N–H and O–H groups in total. The predicted molar refractivity (Wildman–Crippen MR) is 58.7 cm³/mol. The summed E-state index contributed by atoms with van der Waals surface area (Å²) in [5, 5.41) is 13.4. The maximum Gasteiger partial charge on any atom is 0.258 e. The summed E-state index contributed by atoms with van der Waals surface area (Å²) in [6.07, 6.45) is 0. The Morgan fingerprint density at radius 1 is 1.35 bits per heavy atom. The fourth-order valence-corrected chi connectivity index (χ4v) is 1.38. The van der Waals surface area contributed by atoms with Crippen molar-refractivity contribution in [3.05, 3.63) is 24.0 Å². The van der Waals surface area contributed by atoms with Gasteiger partial charge in [0, 0.05) is 12.7 Å². The molecule has 0 aliphatic carbocycles. The lowest BCUT2D eigenvalue weighted by Crippen LogP contribution is -1.89. The number of aromatic nitrogens is 2. The minimum atomic E-state index is 0.0245. The number of benzene rings is 1. The Morgan fingerprint density at radius 3 is 2.82 bits per heavy atom. The Bertz CT molecular complexity index is 510. The highest BCUT2D eigenvalue weighted by molar-refractivity contribution is 5.59. The molecule has 0 spiro atoms. The van der Waals surface area contributed by atoms with E-state index in [1.807, 2.05) is 0 Å². The van der Waals surface area contributed by atoms with Crippen molar-refractivity contribution < 1.29 is 19.1 Å². The van der Waals surface area contributed by atoms with Crippen LogP contribution in [-0.2, 0) is 11.3 Å². The van der Waals surface area contributed by atoms with Crippen molar-refractivity contribution in [3.8, 4) is 23.0 Å². The summed E-state index contributed by atoms with van der Waals surface area (Å²) in [4.78, 5) is 4.11. The van der Waals surface area contributed by atoms with E-state index in [0.29, 0.717) is 23.0 Å². The van der Waals surface area contributed by atoms with Gasteiger partial charge < -0.3 is 19.1 Å². The minimum Gasteiger partial charge on any atom is -0.504 e. The van der Waals surface area contributed by atoms with Gasteiger partial charge in [0.25, 0.3) is 5.89 Å². The summed E-state index contributed by atoms with van der Waals surface area (Å²) < 4.78 is 14.9. The van der Waals surface area contributed by atoms with E-state index in [0.717, 1.165) is 0 Å². The van der Waals surface area contributed by atoms with Crippen LogP contribution in [0.25, 0.3) is 11.5 Å². The summed E-state index contributed by atoms with van der Waals surface area (Å²) in [5.41, 5.74) is 0.623. The number of phenolic OH excluding ortho intramolecular Hbond substituents is 1. The molecule has 90 valence electrons. The standard InChI is InChI=1S/C11H12N2O4/c1-15-6-10-12-11(17-13-10)7-3-4-9(16-2)8(14)5-7/h3-5,14H,6H2,1-2H3. The first-order chi connectivity index (χ1) is 8.24. The normalized spacial score (nSPS) is 10.5. The highest BCUT2D eigenvalue weighted by Crippen LogP contribution is 2.30. The molecule has 17 heavy (non-hydrogen) atoms. The lowest BCUT2D eigenvalue weighted by Gasteiger charge is -2.03. The van der Waals surface area contributed by atoms with Crippen molar-refractivity contribution in [1.29, 1.82) is 0 Å². The van der Waals surface area contributed by atoms with Gasteiger partial charge in [-0.15, -0.1) is 0 Å². The Labute approximate surface area is 97.8 Å². The monoisotopic (exact) mass is 236 g/mol. The average Bonchev–Trinajstić information content (AvgIpc) is 2.78. The Hall–Kier alpha value is -2.08. The highest BCUT2D eigenvalue weighted by Gasteiger charge is 2.11. The highest BCUT2D eigenvalue weighted by atomic mass is 16.5.